The molecule has 0 saturated heterocycles. The van der Waals surface area contributed by atoms with Gasteiger partial charge in [0.2, 0.25) is 11.8 Å². The number of hydrogen-bond donors (Lipinski definition) is 1. The van der Waals surface area contributed by atoms with Crippen molar-refractivity contribution in [3.63, 3.8) is 0 Å². The van der Waals surface area contributed by atoms with Crippen LogP contribution >= 0.6 is 23.2 Å². The first-order chi connectivity index (χ1) is 21.3. The van der Waals surface area contributed by atoms with E-state index in [4.69, 9.17) is 23.2 Å². The molecule has 1 atom stereocenters. The zero-order chi connectivity index (χ0) is 32.7. The molecule has 2 amide bonds. The fourth-order valence-corrected chi connectivity index (χ4v) is 6.48. The van der Waals surface area contributed by atoms with Gasteiger partial charge in [0.05, 0.1) is 20.6 Å². The number of carbonyl (C=O) groups excluding carboxylic acids is 2. The second kappa shape index (κ2) is 14.9. The molecule has 4 rings (SSSR count). The van der Waals surface area contributed by atoms with Crippen LogP contribution in [0, 0.1) is 12.7 Å². The number of sulfonamides is 1. The smallest absolute Gasteiger partial charge is 0.264 e. The zero-order valence-electron chi connectivity index (χ0n) is 25.1. The second-order valence-corrected chi connectivity index (χ2v) is 13.6. The summed E-state index contributed by atoms with van der Waals surface area (Å²) in [7, 11) is -4.30. The molecule has 4 aromatic carbocycles. The van der Waals surface area contributed by atoms with E-state index in [9.17, 15) is 22.4 Å². The molecule has 0 radical (unpaired) electrons. The van der Waals surface area contributed by atoms with Gasteiger partial charge in [0, 0.05) is 19.0 Å². The van der Waals surface area contributed by atoms with Crippen LogP contribution in [0.2, 0.25) is 10.0 Å². The predicted octanol–water partition coefficient (Wildman–Crippen LogP) is 6.80. The topological polar surface area (TPSA) is 86.8 Å². The van der Waals surface area contributed by atoms with Gasteiger partial charge in [0.25, 0.3) is 10.0 Å². The lowest BCUT2D eigenvalue weighted by Crippen LogP contribution is -2.54. The summed E-state index contributed by atoms with van der Waals surface area (Å²) in [5.74, 6) is -1.62. The minimum absolute atomic E-state index is 0.0420. The highest BCUT2D eigenvalue weighted by molar-refractivity contribution is 7.92. The van der Waals surface area contributed by atoms with E-state index in [-0.39, 0.29) is 34.6 Å². The van der Waals surface area contributed by atoms with Crippen LogP contribution in [-0.4, -0.2) is 43.8 Å². The van der Waals surface area contributed by atoms with Crippen LogP contribution < -0.4 is 9.62 Å². The van der Waals surface area contributed by atoms with Gasteiger partial charge in [-0.1, -0.05) is 77.3 Å². The number of rotatable bonds is 12. The molecule has 0 unspecified atom stereocenters. The SMILES string of the molecule is Cc1ccc(S(=O)(=O)N(CC(=O)N(Cc2ccc(Cl)c(Cl)c2)[C@H](Cc2ccccc2)C(=O)NC(C)C)c2ccc(F)cc2)cc1. The van der Waals surface area contributed by atoms with E-state index >= 15 is 0 Å². The molecule has 45 heavy (non-hydrogen) atoms. The molecule has 0 aliphatic rings. The molecule has 4 aromatic rings. The summed E-state index contributed by atoms with van der Waals surface area (Å²) in [4.78, 5) is 29.5. The highest BCUT2D eigenvalue weighted by Crippen LogP contribution is 2.27. The van der Waals surface area contributed by atoms with Crippen molar-refractivity contribution >= 4 is 50.7 Å². The van der Waals surface area contributed by atoms with Gasteiger partial charge >= 0.3 is 0 Å². The Morgan fingerprint density at radius 2 is 1.49 bits per heavy atom. The average molecular weight is 671 g/mol. The van der Waals surface area contributed by atoms with E-state index in [1.54, 1.807) is 30.3 Å². The summed E-state index contributed by atoms with van der Waals surface area (Å²) < 4.78 is 42.9. The normalized spacial score (nSPS) is 12.1. The maximum absolute atomic E-state index is 14.4. The first kappa shape index (κ1) is 34.0. The van der Waals surface area contributed by atoms with Crippen molar-refractivity contribution in [1.82, 2.24) is 10.2 Å². The van der Waals surface area contributed by atoms with Crippen molar-refractivity contribution in [2.24, 2.45) is 0 Å². The molecule has 0 spiro atoms. The van der Waals surface area contributed by atoms with E-state index in [1.165, 1.54) is 29.2 Å². The molecule has 236 valence electrons. The predicted molar refractivity (Wildman–Crippen MR) is 176 cm³/mol. The van der Waals surface area contributed by atoms with E-state index < -0.39 is 40.2 Å². The van der Waals surface area contributed by atoms with Crippen molar-refractivity contribution in [1.29, 1.82) is 0 Å². The van der Waals surface area contributed by atoms with E-state index in [0.29, 0.717) is 10.6 Å². The molecule has 11 heteroatoms. The van der Waals surface area contributed by atoms with Crippen molar-refractivity contribution in [3.05, 3.63) is 130 Å². The number of hydrogen-bond acceptors (Lipinski definition) is 4. The molecule has 0 bridgehead atoms. The summed E-state index contributed by atoms with van der Waals surface area (Å²) in [6.07, 6.45) is 0.160. The lowest BCUT2D eigenvalue weighted by atomic mass is 10.0. The highest BCUT2D eigenvalue weighted by Gasteiger charge is 2.35. The van der Waals surface area contributed by atoms with Gasteiger partial charge in [-0.3, -0.25) is 13.9 Å². The number of nitrogens with one attached hydrogen (secondary N) is 1. The molecule has 0 heterocycles. The van der Waals surface area contributed by atoms with Crippen LogP contribution in [0.15, 0.2) is 102 Å². The van der Waals surface area contributed by atoms with Gasteiger partial charge in [0.15, 0.2) is 0 Å². The lowest BCUT2D eigenvalue weighted by molar-refractivity contribution is -0.140. The number of anilines is 1. The maximum Gasteiger partial charge on any atom is 0.264 e. The Kier molecular flexibility index (Phi) is 11.3. The molecule has 0 fully saturated rings. The number of nitrogens with zero attached hydrogens (tertiary/aromatic N) is 2. The van der Waals surface area contributed by atoms with Crippen LogP contribution in [0.5, 0.6) is 0 Å². The average Bonchev–Trinajstić information content (AvgIpc) is 3.00. The largest absolute Gasteiger partial charge is 0.352 e. The molecular weight excluding hydrogens is 636 g/mol. The maximum atomic E-state index is 14.4. The third-order valence-electron chi connectivity index (χ3n) is 7.04. The number of benzene rings is 4. The second-order valence-electron chi connectivity index (χ2n) is 10.9. The van der Waals surface area contributed by atoms with Crippen molar-refractivity contribution in [2.45, 2.75) is 50.7 Å². The Labute approximate surface area is 273 Å². The minimum Gasteiger partial charge on any atom is -0.352 e. The number of amides is 2. The van der Waals surface area contributed by atoms with E-state index in [1.807, 2.05) is 51.1 Å². The van der Waals surface area contributed by atoms with Gasteiger partial charge < -0.3 is 10.2 Å². The van der Waals surface area contributed by atoms with Gasteiger partial charge in [-0.05, 0) is 80.4 Å². The number of aryl methyl sites for hydroxylation is 1. The van der Waals surface area contributed by atoms with Crippen LogP contribution in [0.4, 0.5) is 10.1 Å². The Balaban J connectivity index is 1.81. The summed E-state index contributed by atoms with van der Waals surface area (Å²) in [5.41, 5.74) is 2.33. The summed E-state index contributed by atoms with van der Waals surface area (Å²) in [6.45, 7) is 4.72. The molecule has 0 aromatic heterocycles. The van der Waals surface area contributed by atoms with Crippen molar-refractivity contribution in [2.75, 3.05) is 10.8 Å². The quantitative estimate of drug-likeness (QED) is 0.180. The zero-order valence-corrected chi connectivity index (χ0v) is 27.4. The monoisotopic (exact) mass is 669 g/mol. The Bertz CT molecular complexity index is 1740. The molecule has 0 saturated carbocycles. The summed E-state index contributed by atoms with van der Waals surface area (Å²) >= 11 is 12.4. The van der Waals surface area contributed by atoms with Crippen molar-refractivity contribution in [3.8, 4) is 0 Å². The fraction of sp³-hybridized carbons (Fsp3) is 0.235. The first-order valence-electron chi connectivity index (χ1n) is 14.3. The Morgan fingerprint density at radius 3 is 2.09 bits per heavy atom. The Morgan fingerprint density at radius 1 is 0.844 bits per heavy atom. The van der Waals surface area contributed by atoms with Crippen LogP contribution in [0.1, 0.15) is 30.5 Å². The first-order valence-corrected chi connectivity index (χ1v) is 16.5. The summed E-state index contributed by atoms with van der Waals surface area (Å²) in [6, 6.07) is 23.9. The number of halogens is 3. The Hall–Kier alpha value is -3.92. The molecular formula is C34H34Cl2FN3O4S. The fourth-order valence-electron chi connectivity index (χ4n) is 4.74. The van der Waals surface area contributed by atoms with Gasteiger partial charge in [-0.15, -0.1) is 0 Å². The van der Waals surface area contributed by atoms with Crippen LogP contribution in [0.25, 0.3) is 0 Å². The molecule has 1 N–H and O–H groups in total. The van der Waals surface area contributed by atoms with Gasteiger partial charge in [-0.2, -0.15) is 0 Å². The van der Waals surface area contributed by atoms with Crippen molar-refractivity contribution < 1.29 is 22.4 Å². The minimum atomic E-state index is -4.30. The van der Waals surface area contributed by atoms with Crippen LogP contribution in [-0.2, 0) is 32.6 Å². The van der Waals surface area contributed by atoms with Gasteiger partial charge in [-0.25, -0.2) is 12.8 Å². The van der Waals surface area contributed by atoms with E-state index in [0.717, 1.165) is 27.6 Å². The third kappa shape index (κ3) is 8.84. The van der Waals surface area contributed by atoms with Crippen LogP contribution in [0.3, 0.4) is 0 Å². The van der Waals surface area contributed by atoms with Gasteiger partial charge in [0.1, 0.15) is 18.4 Å². The highest BCUT2D eigenvalue weighted by atomic mass is 35.5. The standard InChI is InChI=1S/C34H34Cl2FN3O4S/c1-23(2)38-34(42)32(20-25-7-5-4-6-8-25)39(21-26-11-18-30(35)31(36)19-26)33(41)22-40(28-14-12-27(37)13-15-28)45(43,44)29-16-9-24(3)10-17-29/h4-19,23,32H,20-22H2,1-3H3,(H,38,42)/t32-/m1/s1. The molecule has 0 aliphatic carbocycles. The molecule has 7 nitrogen and oxygen atoms in total. The van der Waals surface area contributed by atoms with E-state index in [2.05, 4.69) is 5.32 Å². The third-order valence-corrected chi connectivity index (χ3v) is 9.57. The lowest BCUT2D eigenvalue weighted by Gasteiger charge is -2.34. The number of carbonyl (C=O) groups is 2. The summed E-state index contributed by atoms with van der Waals surface area (Å²) in [5, 5.41) is 3.49. The molecule has 0 aliphatic heterocycles.